The Bertz CT molecular complexity index is 1040. The minimum absolute atomic E-state index is 0.383. The summed E-state index contributed by atoms with van der Waals surface area (Å²) in [5.74, 6) is 0.690. The van der Waals surface area contributed by atoms with Crippen LogP contribution in [0.5, 0.6) is 5.75 Å². The maximum atomic E-state index is 12.1. The molecule has 3 heterocycles. The van der Waals surface area contributed by atoms with Crippen molar-refractivity contribution in [2.24, 2.45) is 0 Å². The topological polar surface area (TPSA) is 144 Å². The number of carbonyl (C=O) groups is 1. The van der Waals surface area contributed by atoms with Crippen molar-refractivity contribution in [2.45, 2.75) is 31.5 Å². The minimum atomic E-state index is -1.38. The second-order valence-corrected chi connectivity index (χ2v) is 6.72. The van der Waals surface area contributed by atoms with Crippen molar-refractivity contribution in [3.05, 3.63) is 36.9 Å². The molecule has 11 heteroatoms. The first-order chi connectivity index (χ1) is 14.5. The van der Waals surface area contributed by atoms with Gasteiger partial charge in [0, 0.05) is 12.2 Å². The Morgan fingerprint density at radius 2 is 1.97 bits per heavy atom. The van der Waals surface area contributed by atoms with Gasteiger partial charge in [0.2, 0.25) is 0 Å². The molecule has 30 heavy (non-hydrogen) atoms. The van der Waals surface area contributed by atoms with E-state index in [2.05, 4.69) is 25.6 Å². The number of anilines is 2. The highest BCUT2D eigenvalue weighted by Gasteiger charge is 2.47. The number of carbonyl (C=O) groups excluding carboxylic acids is 1. The maximum Gasteiger partial charge on any atom is 0.252 e. The SMILES string of the molecule is CCNC(=O)C1OC(n2cnc3c(Nc4ccc(OC)cc4)ncnc32)C(O)C1O. The number of hydrogen-bond acceptors (Lipinski definition) is 9. The van der Waals surface area contributed by atoms with Crippen molar-refractivity contribution in [2.75, 3.05) is 19.0 Å². The van der Waals surface area contributed by atoms with E-state index in [0.717, 1.165) is 11.4 Å². The number of benzene rings is 1. The molecule has 4 rings (SSSR count). The quantitative estimate of drug-likeness (QED) is 0.449. The van der Waals surface area contributed by atoms with Crippen LogP contribution < -0.4 is 15.4 Å². The average Bonchev–Trinajstić information content (AvgIpc) is 3.31. The third kappa shape index (κ3) is 3.54. The van der Waals surface area contributed by atoms with E-state index in [1.807, 2.05) is 24.3 Å². The molecule has 0 spiro atoms. The summed E-state index contributed by atoms with van der Waals surface area (Å²) in [6.07, 6.45) is -2.15. The van der Waals surface area contributed by atoms with Crippen LogP contribution in [0.2, 0.25) is 0 Å². The molecule has 0 aliphatic carbocycles. The monoisotopic (exact) mass is 414 g/mol. The number of rotatable bonds is 6. The Morgan fingerprint density at radius 1 is 1.20 bits per heavy atom. The molecule has 4 N–H and O–H groups in total. The van der Waals surface area contributed by atoms with Gasteiger partial charge in [0.05, 0.1) is 13.4 Å². The number of nitrogens with one attached hydrogen (secondary N) is 2. The van der Waals surface area contributed by atoms with Gasteiger partial charge in [0.1, 0.15) is 24.3 Å². The zero-order valence-electron chi connectivity index (χ0n) is 16.4. The van der Waals surface area contributed by atoms with Gasteiger partial charge in [-0.3, -0.25) is 9.36 Å². The summed E-state index contributed by atoms with van der Waals surface area (Å²) < 4.78 is 12.3. The van der Waals surface area contributed by atoms with Crippen LogP contribution in [0.1, 0.15) is 13.2 Å². The normalized spacial score (nSPS) is 23.5. The number of nitrogens with zero attached hydrogens (tertiary/aromatic N) is 4. The lowest BCUT2D eigenvalue weighted by atomic mass is 10.1. The van der Waals surface area contributed by atoms with E-state index in [1.165, 1.54) is 17.2 Å². The smallest absolute Gasteiger partial charge is 0.252 e. The fourth-order valence-electron chi connectivity index (χ4n) is 3.32. The highest BCUT2D eigenvalue weighted by atomic mass is 16.6. The molecule has 1 amide bonds. The van der Waals surface area contributed by atoms with Crippen molar-refractivity contribution in [3.8, 4) is 5.75 Å². The molecule has 0 bridgehead atoms. The molecule has 0 saturated carbocycles. The molecule has 1 aromatic carbocycles. The van der Waals surface area contributed by atoms with Crippen molar-refractivity contribution in [3.63, 3.8) is 0 Å². The second-order valence-electron chi connectivity index (χ2n) is 6.72. The first-order valence-electron chi connectivity index (χ1n) is 9.41. The molecule has 158 valence electrons. The summed E-state index contributed by atoms with van der Waals surface area (Å²) in [5, 5.41) is 26.5. The third-order valence-corrected chi connectivity index (χ3v) is 4.83. The molecule has 1 aliphatic heterocycles. The number of likely N-dealkylation sites (N-methyl/N-ethyl adjacent to an activating group) is 1. The lowest BCUT2D eigenvalue weighted by Gasteiger charge is -2.16. The Hall–Kier alpha value is -3.28. The number of imidazole rings is 1. The van der Waals surface area contributed by atoms with E-state index in [9.17, 15) is 15.0 Å². The molecule has 1 aliphatic rings. The number of hydrogen-bond donors (Lipinski definition) is 4. The number of ether oxygens (including phenoxy) is 2. The zero-order chi connectivity index (χ0) is 21.3. The van der Waals surface area contributed by atoms with Crippen LogP contribution in [0.4, 0.5) is 11.5 Å². The predicted octanol–water partition coefficient (Wildman–Crippen LogP) is 0.334. The zero-order valence-corrected chi connectivity index (χ0v) is 16.4. The van der Waals surface area contributed by atoms with Crippen molar-refractivity contribution in [1.82, 2.24) is 24.8 Å². The average molecular weight is 414 g/mol. The summed E-state index contributed by atoms with van der Waals surface area (Å²) in [4.78, 5) is 24.9. The molecule has 0 radical (unpaired) electrons. The first kappa shape index (κ1) is 20.0. The van der Waals surface area contributed by atoms with Crippen LogP contribution in [0.15, 0.2) is 36.9 Å². The van der Waals surface area contributed by atoms with E-state index in [-0.39, 0.29) is 0 Å². The standard InChI is InChI=1S/C19H22N6O5/c1-3-20-18(28)15-13(26)14(27)19(30-15)25-9-23-12-16(21-8-22-17(12)25)24-10-4-6-11(29-2)7-5-10/h4-9,13-15,19,26-27H,3H2,1-2H3,(H,20,28)(H,21,22,24). The lowest BCUT2D eigenvalue weighted by Crippen LogP contribution is -2.42. The van der Waals surface area contributed by atoms with Gasteiger partial charge in [0.15, 0.2) is 29.3 Å². The Balaban J connectivity index is 1.62. The predicted molar refractivity (Wildman–Crippen MR) is 106 cm³/mol. The van der Waals surface area contributed by atoms with E-state index in [4.69, 9.17) is 9.47 Å². The molecule has 1 saturated heterocycles. The van der Waals surface area contributed by atoms with Crippen molar-refractivity contribution < 1.29 is 24.5 Å². The number of aliphatic hydroxyl groups excluding tert-OH is 2. The van der Waals surface area contributed by atoms with Crippen LogP contribution >= 0.6 is 0 Å². The summed E-state index contributed by atoms with van der Waals surface area (Å²) in [6, 6.07) is 7.29. The Kier molecular flexibility index (Phi) is 5.48. The van der Waals surface area contributed by atoms with Crippen LogP contribution in [-0.2, 0) is 9.53 Å². The number of aliphatic hydroxyl groups is 2. The number of methoxy groups -OCH3 is 1. The highest BCUT2D eigenvalue weighted by Crippen LogP contribution is 2.33. The molecule has 3 aromatic rings. The lowest BCUT2D eigenvalue weighted by molar-refractivity contribution is -0.137. The molecule has 11 nitrogen and oxygen atoms in total. The van der Waals surface area contributed by atoms with Crippen molar-refractivity contribution in [1.29, 1.82) is 0 Å². The molecule has 4 unspecified atom stereocenters. The molecule has 1 fully saturated rings. The van der Waals surface area contributed by atoms with Crippen LogP contribution in [0.25, 0.3) is 11.2 Å². The molecular weight excluding hydrogens is 392 g/mol. The summed E-state index contributed by atoms with van der Waals surface area (Å²) in [7, 11) is 1.59. The second kappa shape index (κ2) is 8.22. The Morgan fingerprint density at radius 3 is 2.67 bits per heavy atom. The van der Waals surface area contributed by atoms with Crippen LogP contribution in [0.3, 0.4) is 0 Å². The van der Waals surface area contributed by atoms with Crippen molar-refractivity contribution >= 4 is 28.6 Å². The highest BCUT2D eigenvalue weighted by molar-refractivity contribution is 5.85. The van der Waals surface area contributed by atoms with Gasteiger partial charge >= 0.3 is 0 Å². The number of fused-ring (bicyclic) bond motifs is 1. The summed E-state index contributed by atoms with van der Waals surface area (Å²) in [6.45, 7) is 2.14. The minimum Gasteiger partial charge on any atom is -0.497 e. The van der Waals surface area contributed by atoms with E-state index in [1.54, 1.807) is 14.0 Å². The Labute approximate surface area is 171 Å². The largest absolute Gasteiger partial charge is 0.497 e. The molecule has 2 aromatic heterocycles. The number of amides is 1. The summed E-state index contributed by atoms with van der Waals surface area (Å²) in [5.41, 5.74) is 1.60. The van der Waals surface area contributed by atoms with E-state index < -0.39 is 30.4 Å². The van der Waals surface area contributed by atoms with Crippen LogP contribution in [-0.4, -0.2) is 67.6 Å². The van der Waals surface area contributed by atoms with E-state index in [0.29, 0.717) is 23.5 Å². The van der Waals surface area contributed by atoms with E-state index >= 15 is 0 Å². The fourth-order valence-corrected chi connectivity index (χ4v) is 3.32. The van der Waals surface area contributed by atoms with Gasteiger partial charge in [-0.15, -0.1) is 0 Å². The van der Waals surface area contributed by atoms with Gasteiger partial charge in [-0.25, -0.2) is 15.0 Å². The first-order valence-corrected chi connectivity index (χ1v) is 9.41. The third-order valence-electron chi connectivity index (χ3n) is 4.83. The molecular formula is C19H22N6O5. The molecule has 4 atom stereocenters. The summed E-state index contributed by atoms with van der Waals surface area (Å²) >= 11 is 0. The van der Waals surface area contributed by atoms with Gasteiger partial charge in [-0.05, 0) is 31.2 Å². The van der Waals surface area contributed by atoms with Crippen LogP contribution in [0, 0.1) is 0 Å². The number of aromatic nitrogens is 4. The van der Waals surface area contributed by atoms with Gasteiger partial charge in [-0.2, -0.15) is 0 Å². The van der Waals surface area contributed by atoms with Gasteiger partial charge in [-0.1, -0.05) is 0 Å². The maximum absolute atomic E-state index is 12.1. The van der Waals surface area contributed by atoms with Gasteiger partial charge in [0.25, 0.3) is 5.91 Å². The fraction of sp³-hybridized carbons (Fsp3) is 0.368. The van der Waals surface area contributed by atoms with Gasteiger partial charge < -0.3 is 30.3 Å².